The van der Waals surface area contributed by atoms with Crippen molar-refractivity contribution in [1.82, 2.24) is 19.9 Å². The maximum absolute atomic E-state index is 16.6. The molecule has 0 amide bonds. The summed E-state index contributed by atoms with van der Waals surface area (Å²) in [7, 11) is 3.25. The molecule has 3 aliphatic rings. The predicted molar refractivity (Wildman–Crippen MR) is 167 cm³/mol. The summed E-state index contributed by atoms with van der Waals surface area (Å²) in [6.45, 7) is 4.20. The van der Waals surface area contributed by atoms with Crippen molar-refractivity contribution in [3.63, 3.8) is 0 Å². The third kappa shape index (κ3) is 5.39. The predicted octanol–water partition coefficient (Wildman–Crippen LogP) is 6.07. The average Bonchev–Trinajstić information content (AvgIpc) is 3.61. The Hall–Kier alpha value is -4.07. The Morgan fingerprint density at radius 1 is 1.00 bits per heavy atom. The van der Waals surface area contributed by atoms with Crippen LogP contribution in [-0.4, -0.2) is 77.5 Å². The van der Waals surface area contributed by atoms with Gasteiger partial charge in [0.15, 0.2) is 5.82 Å². The van der Waals surface area contributed by atoms with Crippen LogP contribution < -0.4 is 9.64 Å². The molecule has 3 saturated heterocycles. The van der Waals surface area contributed by atoms with Crippen LogP contribution in [0.3, 0.4) is 0 Å². The van der Waals surface area contributed by atoms with Gasteiger partial charge in [-0.15, -0.1) is 6.42 Å². The maximum atomic E-state index is 16.6. The molecule has 0 radical (unpaired) electrons. The van der Waals surface area contributed by atoms with Crippen molar-refractivity contribution in [1.29, 1.82) is 0 Å². The number of rotatable bonds is 5. The van der Waals surface area contributed by atoms with Crippen molar-refractivity contribution >= 4 is 27.5 Å². The number of methoxy groups -OCH3 is 1. The van der Waals surface area contributed by atoms with Crippen molar-refractivity contribution in [3.05, 3.63) is 47.7 Å². The molecule has 3 fully saturated rings. The highest BCUT2D eigenvalue weighted by atomic mass is 19.1. The average molecular weight is 602 g/mol. The quantitative estimate of drug-likeness (QED) is 0.276. The van der Waals surface area contributed by atoms with Gasteiger partial charge in [-0.3, -0.25) is 9.88 Å². The van der Waals surface area contributed by atoms with Gasteiger partial charge >= 0.3 is 6.01 Å². The van der Waals surface area contributed by atoms with Gasteiger partial charge in [-0.2, -0.15) is 9.97 Å². The number of fused-ring (bicyclic) bond motifs is 3. The van der Waals surface area contributed by atoms with Crippen LogP contribution in [-0.2, 0) is 4.74 Å². The highest BCUT2D eigenvalue weighted by molar-refractivity contribution is 6.03. The van der Waals surface area contributed by atoms with Crippen LogP contribution >= 0.6 is 0 Å². The first-order chi connectivity index (χ1) is 21.4. The number of ether oxygens (including phenoxy) is 2. The molecule has 0 saturated carbocycles. The summed E-state index contributed by atoms with van der Waals surface area (Å²) in [5.41, 5.74) is 0.159. The summed E-state index contributed by atoms with van der Waals surface area (Å²) in [5, 5.41) is 11.7. The van der Waals surface area contributed by atoms with Gasteiger partial charge in [-0.05, 0) is 81.6 Å². The first kappa shape index (κ1) is 30.0. The van der Waals surface area contributed by atoms with Crippen LogP contribution in [0.15, 0.2) is 30.5 Å². The van der Waals surface area contributed by atoms with E-state index in [1.54, 1.807) is 20.4 Å². The van der Waals surface area contributed by atoms with E-state index < -0.39 is 11.6 Å². The largest absolute Gasteiger partial charge is 0.508 e. The number of piperidine rings is 1. The Morgan fingerprint density at radius 2 is 1.73 bits per heavy atom. The Balaban J connectivity index is 0.00000110. The molecule has 0 aliphatic carbocycles. The maximum Gasteiger partial charge on any atom is 0.319 e. The summed E-state index contributed by atoms with van der Waals surface area (Å²) in [6, 6.07) is 5.71. The number of anilines is 1. The second kappa shape index (κ2) is 12.5. The molecule has 10 heteroatoms. The zero-order valence-corrected chi connectivity index (χ0v) is 25.2. The van der Waals surface area contributed by atoms with E-state index in [9.17, 15) is 9.50 Å². The number of terminal acetylenes is 1. The van der Waals surface area contributed by atoms with E-state index in [2.05, 4.69) is 30.4 Å². The van der Waals surface area contributed by atoms with Crippen LogP contribution in [0.25, 0.3) is 32.9 Å². The number of aromatic hydroxyl groups is 1. The number of aromatic nitrogens is 3. The minimum Gasteiger partial charge on any atom is -0.508 e. The fourth-order valence-corrected chi connectivity index (χ4v) is 7.03. The third-order valence-electron chi connectivity index (χ3n) is 9.03. The van der Waals surface area contributed by atoms with Gasteiger partial charge in [-0.25, -0.2) is 8.78 Å². The van der Waals surface area contributed by atoms with Gasteiger partial charge in [-0.1, -0.05) is 12.0 Å². The van der Waals surface area contributed by atoms with Gasteiger partial charge in [0.2, 0.25) is 0 Å². The Labute approximate surface area is 256 Å². The Kier molecular flexibility index (Phi) is 8.52. The second-order valence-electron chi connectivity index (χ2n) is 11.8. The molecule has 2 aromatic carbocycles. The summed E-state index contributed by atoms with van der Waals surface area (Å²) in [5.74, 6) is 1.57. The molecule has 230 valence electrons. The van der Waals surface area contributed by atoms with Gasteiger partial charge in [0.25, 0.3) is 0 Å². The third-order valence-corrected chi connectivity index (χ3v) is 9.03. The fraction of sp³-hybridized carbons (Fsp3) is 0.441. The van der Waals surface area contributed by atoms with E-state index in [0.717, 1.165) is 71.1 Å². The van der Waals surface area contributed by atoms with Crippen molar-refractivity contribution < 1.29 is 23.4 Å². The standard InChI is InChI=1S/C32H31F2N5O2.C2H6O/c1-2-22-25(33)9-8-20-16-21(40)17-23(26(20)22)28-27(34)29-24(18-35-28)30(38-12-4-3-5-13-38)37-31(36-29)41-19-32-10-6-14-39(32)15-7-11-32;1-3-2/h1,8-9,16-18,40H,3-7,10-15,19H2;1-2H3. The number of pyridine rings is 1. The summed E-state index contributed by atoms with van der Waals surface area (Å²) >= 11 is 0. The van der Waals surface area contributed by atoms with E-state index in [-0.39, 0.29) is 39.6 Å². The van der Waals surface area contributed by atoms with Crippen molar-refractivity contribution in [3.8, 4) is 35.4 Å². The van der Waals surface area contributed by atoms with Crippen LogP contribution in [0, 0.1) is 24.0 Å². The van der Waals surface area contributed by atoms with Crippen LogP contribution in [0.2, 0.25) is 0 Å². The molecule has 0 bridgehead atoms. The first-order valence-electron chi connectivity index (χ1n) is 15.2. The topological polar surface area (TPSA) is 83.8 Å². The number of hydrogen-bond donors (Lipinski definition) is 1. The lowest BCUT2D eigenvalue weighted by atomic mass is 9.95. The lowest BCUT2D eigenvalue weighted by Gasteiger charge is -2.32. The van der Waals surface area contributed by atoms with E-state index in [1.807, 2.05) is 0 Å². The molecular weight excluding hydrogens is 564 g/mol. The van der Waals surface area contributed by atoms with Crippen molar-refractivity contribution in [2.24, 2.45) is 0 Å². The summed E-state index contributed by atoms with van der Waals surface area (Å²) in [4.78, 5) is 18.5. The number of phenolic OH excluding ortho intramolecular Hbond substituents is 1. The highest BCUT2D eigenvalue weighted by Crippen LogP contribution is 2.41. The van der Waals surface area contributed by atoms with Crippen LogP contribution in [0.1, 0.15) is 50.5 Å². The van der Waals surface area contributed by atoms with E-state index in [0.29, 0.717) is 28.6 Å². The molecular formula is C34H37F2N5O3. The van der Waals surface area contributed by atoms with Crippen LogP contribution in [0.5, 0.6) is 11.8 Å². The monoisotopic (exact) mass is 601 g/mol. The zero-order valence-electron chi connectivity index (χ0n) is 25.2. The Morgan fingerprint density at radius 3 is 2.43 bits per heavy atom. The summed E-state index contributed by atoms with van der Waals surface area (Å²) in [6.07, 6.45) is 14.8. The highest BCUT2D eigenvalue weighted by Gasteiger charge is 2.45. The van der Waals surface area contributed by atoms with E-state index >= 15 is 4.39 Å². The second-order valence-corrected chi connectivity index (χ2v) is 11.8. The van der Waals surface area contributed by atoms with Crippen molar-refractivity contribution in [2.75, 3.05) is 51.9 Å². The molecule has 7 rings (SSSR count). The molecule has 2 aromatic heterocycles. The minimum absolute atomic E-state index is 0.0122. The zero-order chi connectivity index (χ0) is 30.8. The molecule has 8 nitrogen and oxygen atoms in total. The molecule has 5 heterocycles. The molecule has 0 unspecified atom stereocenters. The van der Waals surface area contributed by atoms with E-state index in [4.69, 9.17) is 16.1 Å². The van der Waals surface area contributed by atoms with Gasteiger partial charge in [0, 0.05) is 44.5 Å². The number of benzene rings is 2. The lowest BCUT2D eigenvalue weighted by Crippen LogP contribution is -2.43. The molecule has 1 N–H and O–H groups in total. The van der Waals surface area contributed by atoms with Gasteiger partial charge in [0.05, 0.1) is 16.5 Å². The van der Waals surface area contributed by atoms with Gasteiger partial charge < -0.3 is 19.5 Å². The number of hydrogen-bond acceptors (Lipinski definition) is 8. The Bertz CT molecular complexity index is 1720. The lowest BCUT2D eigenvalue weighted by molar-refractivity contribution is 0.108. The normalized spacial score (nSPS) is 17.8. The van der Waals surface area contributed by atoms with Crippen molar-refractivity contribution in [2.45, 2.75) is 50.5 Å². The number of phenols is 1. The van der Waals surface area contributed by atoms with Crippen LogP contribution in [0.4, 0.5) is 14.6 Å². The smallest absolute Gasteiger partial charge is 0.319 e. The molecule has 0 spiro atoms. The van der Waals surface area contributed by atoms with Gasteiger partial charge in [0.1, 0.15) is 35.2 Å². The molecule has 0 atom stereocenters. The number of nitrogens with zero attached hydrogens (tertiary/aromatic N) is 5. The minimum atomic E-state index is -0.700. The molecule has 4 aromatic rings. The molecule has 44 heavy (non-hydrogen) atoms. The SMILES string of the molecule is C#Cc1c(F)ccc2cc(O)cc(-c3ncc4c(N5CCCCC5)nc(OCC56CCCN5CCC6)nc4c3F)c12.COC. The fourth-order valence-electron chi connectivity index (χ4n) is 7.03. The number of halogens is 2. The summed E-state index contributed by atoms with van der Waals surface area (Å²) < 4.78 is 41.8. The first-order valence-corrected chi connectivity index (χ1v) is 15.2. The van der Waals surface area contributed by atoms with E-state index in [1.165, 1.54) is 24.3 Å². The molecule has 3 aliphatic heterocycles.